The van der Waals surface area contributed by atoms with Gasteiger partial charge in [0.25, 0.3) is 0 Å². The van der Waals surface area contributed by atoms with Crippen LogP contribution in [-0.4, -0.2) is 11.3 Å². The second kappa shape index (κ2) is 4.40. The molecule has 0 fully saturated rings. The van der Waals surface area contributed by atoms with Gasteiger partial charge in [-0.05, 0) is 37.6 Å². The minimum Gasteiger partial charge on any atom is -0.449 e. The maximum absolute atomic E-state index is 5.64. The number of hydrogen-bond acceptors (Lipinski definition) is 3. The van der Waals surface area contributed by atoms with Crippen LogP contribution in [0.3, 0.4) is 0 Å². The molecule has 4 heteroatoms. The van der Waals surface area contributed by atoms with Gasteiger partial charge in [-0.2, -0.15) is 0 Å². The van der Waals surface area contributed by atoms with Crippen LogP contribution in [0.5, 0.6) is 0 Å². The minimum atomic E-state index is 0.0965. The van der Waals surface area contributed by atoms with E-state index in [1.807, 2.05) is 6.07 Å². The Balaban J connectivity index is 2.43. The van der Waals surface area contributed by atoms with Crippen molar-refractivity contribution in [1.82, 2.24) is 0 Å². The van der Waals surface area contributed by atoms with E-state index in [9.17, 15) is 0 Å². The summed E-state index contributed by atoms with van der Waals surface area (Å²) >= 11 is 7.41. The zero-order valence-corrected chi connectivity index (χ0v) is 9.41. The molecule has 0 spiro atoms. The Labute approximate surface area is 87.8 Å². The van der Waals surface area contributed by atoms with Gasteiger partial charge < -0.3 is 10.2 Å². The first kappa shape index (κ1) is 11.0. The van der Waals surface area contributed by atoms with Gasteiger partial charge in [0.05, 0.1) is 5.75 Å². The molecule has 74 valence electrons. The van der Waals surface area contributed by atoms with E-state index in [4.69, 9.17) is 21.8 Å². The number of hydrogen-bond donors (Lipinski definition) is 1. The average Bonchev–Trinajstić information content (AvgIpc) is 2.48. The Morgan fingerprint density at radius 3 is 2.69 bits per heavy atom. The standard InChI is InChI=1S/C9H14ClNOS/c1-9(2,6-11)13-5-7-3-4-8(10)12-7/h3-4H,5-6,11H2,1-2H3. The fraction of sp³-hybridized carbons (Fsp3) is 0.556. The quantitative estimate of drug-likeness (QED) is 0.847. The molecule has 0 atom stereocenters. The zero-order valence-electron chi connectivity index (χ0n) is 7.84. The molecule has 0 unspecified atom stereocenters. The zero-order chi connectivity index (χ0) is 9.90. The molecule has 1 heterocycles. The van der Waals surface area contributed by atoms with Crippen molar-refractivity contribution < 1.29 is 4.42 Å². The van der Waals surface area contributed by atoms with Gasteiger partial charge in [0.2, 0.25) is 0 Å². The van der Waals surface area contributed by atoms with E-state index in [1.54, 1.807) is 17.8 Å². The summed E-state index contributed by atoms with van der Waals surface area (Å²) in [7, 11) is 0. The fourth-order valence-electron chi connectivity index (χ4n) is 0.755. The van der Waals surface area contributed by atoms with E-state index in [1.165, 1.54) is 0 Å². The molecule has 0 radical (unpaired) electrons. The lowest BCUT2D eigenvalue weighted by molar-refractivity contribution is 0.531. The van der Waals surface area contributed by atoms with Gasteiger partial charge in [0.1, 0.15) is 5.76 Å². The third-order valence-electron chi connectivity index (χ3n) is 1.73. The summed E-state index contributed by atoms with van der Waals surface area (Å²) in [5, 5.41) is 0.446. The van der Waals surface area contributed by atoms with Crippen LogP contribution in [0.1, 0.15) is 19.6 Å². The lowest BCUT2D eigenvalue weighted by Gasteiger charge is -2.20. The molecule has 0 aliphatic heterocycles. The van der Waals surface area contributed by atoms with Crippen molar-refractivity contribution in [2.24, 2.45) is 5.73 Å². The molecule has 0 aromatic carbocycles. The van der Waals surface area contributed by atoms with E-state index >= 15 is 0 Å². The number of rotatable bonds is 4. The van der Waals surface area contributed by atoms with Crippen LogP contribution in [0, 0.1) is 0 Å². The third-order valence-corrected chi connectivity index (χ3v) is 3.31. The van der Waals surface area contributed by atoms with Crippen molar-refractivity contribution in [1.29, 1.82) is 0 Å². The van der Waals surface area contributed by atoms with Gasteiger partial charge in [-0.25, -0.2) is 0 Å². The number of nitrogens with two attached hydrogens (primary N) is 1. The van der Waals surface area contributed by atoms with Crippen LogP contribution in [0.4, 0.5) is 0 Å². The molecule has 13 heavy (non-hydrogen) atoms. The van der Waals surface area contributed by atoms with Gasteiger partial charge in [0.15, 0.2) is 5.22 Å². The molecule has 2 N–H and O–H groups in total. The van der Waals surface area contributed by atoms with Crippen LogP contribution >= 0.6 is 23.4 Å². The van der Waals surface area contributed by atoms with Crippen LogP contribution in [0.15, 0.2) is 16.5 Å². The summed E-state index contributed by atoms with van der Waals surface area (Å²) in [6, 6.07) is 3.65. The SMILES string of the molecule is CC(C)(CN)SCc1ccc(Cl)o1. The predicted octanol–water partition coefficient (Wildman–Crippen LogP) is 2.90. The number of halogens is 1. The molecule has 0 aliphatic rings. The van der Waals surface area contributed by atoms with E-state index in [-0.39, 0.29) is 4.75 Å². The van der Waals surface area contributed by atoms with E-state index in [2.05, 4.69) is 13.8 Å². The van der Waals surface area contributed by atoms with Crippen molar-refractivity contribution in [3.05, 3.63) is 23.1 Å². The first-order valence-electron chi connectivity index (χ1n) is 4.12. The van der Waals surface area contributed by atoms with Gasteiger partial charge in [-0.15, -0.1) is 11.8 Å². The number of thioether (sulfide) groups is 1. The molecular weight excluding hydrogens is 206 g/mol. The summed E-state index contributed by atoms with van der Waals surface area (Å²) in [6.07, 6.45) is 0. The summed E-state index contributed by atoms with van der Waals surface area (Å²) in [6.45, 7) is 4.89. The maximum atomic E-state index is 5.64. The highest BCUT2D eigenvalue weighted by Crippen LogP contribution is 2.28. The van der Waals surface area contributed by atoms with Crippen LogP contribution in [0.2, 0.25) is 5.22 Å². The monoisotopic (exact) mass is 219 g/mol. The molecule has 0 aliphatic carbocycles. The summed E-state index contributed by atoms with van der Waals surface area (Å²) in [5.41, 5.74) is 5.60. The highest BCUT2D eigenvalue weighted by atomic mass is 35.5. The van der Waals surface area contributed by atoms with Crippen LogP contribution in [0.25, 0.3) is 0 Å². The largest absolute Gasteiger partial charge is 0.449 e. The van der Waals surface area contributed by atoms with Crippen molar-refractivity contribution >= 4 is 23.4 Å². The second-order valence-corrected chi connectivity index (χ2v) is 5.51. The highest BCUT2D eigenvalue weighted by Gasteiger charge is 2.16. The van der Waals surface area contributed by atoms with Gasteiger partial charge in [0, 0.05) is 11.3 Å². The number of furan rings is 1. The topological polar surface area (TPSA) is 39.2 Å². The third kappa shape index (κ3) is 3.63. The fourth-order valence-corrected chi connectivity index (χ4v) is 1.72. The molecule has 1 rings (SSSR count). The Kier molecular flexibility index (Phi) is 3.71. The van der Waals surface area contributed by atoms with Crippen molar-refractivity contribution in [3.63, 3.8) is 0 Å². The van der Waals surface area contributed by atoms with Crippen molar-refractivity contribution in [2.45, 2.75) is 24.3 Å². The van der Waals surface area contributed by atoms with Crippen molar-refractivity contribution in [2.75, 3.05) is 6.54 Å². The summed E-state index contributed by atoms with van der Waals surface area (Å²) < 4.78 is 5.32. The lowest BCUT2D eigenvalue weighted by atomic mass is 10.2. The summed E-state index contributed by atoms with van der Waals surface area (Å²) in [4.78, 5) is 0. The van der Waals surface area contributed by atoms with Gasteiger partial charge >= 0.3 is 0 Å². The van der Waals surface area contributed by atoms with E-state index in [0.29, 0.717) is 11.8 Å². The van der Waals surface area contributed by atoms with Gasteiger partial charge in [-0.1, -0.05) is 0 Å². The minimum absolute atomic E-state index is 0.0965. The molecule has 1 aromatic rings. The van der Waals surface area contributed by atoms with Crippen molar-refractivity contribution in [3.8, 4) is 0 Å². The molecule has 2 nitrogen and oxygen atoms in total. The van der Waals surface area contributed by atoms with E-state index in [0.717, 1.165) is 11.5 Å². The summed E-state index contributed by atoms with van der Waals surface area (Å²) in [5.74, 6) is 1.72. The normalized spacial score (nSPS) is 12.0. The average molecular weight is 220 g/mol. The smallest absolute Gasteiger partial charge is 0.193 e. The molecule has 0 saturated heterocycles. The Morgan fingerprint density at radius 2 is 2.23 bits per heavy atom. The molecule has 0 amide bonds. The first-order chi connectivity index (χ1) is 6.03. The van der Waals surface area contributed by atoms with Crippen LogP contribution in [-0.2, 0) is 5.75 Å². The molecule has 0 bridgehead atoms. The highest BCUT2D eigenvalue weighted by molar-refractivity contribution is 7.99. The molecule has 1 aromatic heterocycles. The maximum Gasteiger partial charge on any atom is 0.193 e. The predicted molar refractivity (Wildman–Crippen MR) is 58.1 cm³/mol. The Morgan fingerprint density at radius 1 is 1.54 bits per heavy atom. The molecular formula is C9H14ClNOS. The Bertz CT molecular complexity index is 272. The second-order valence-electron chi connectivity index (χ2n) is 3.46. The molecule has 0 saturated carbocycles. The Hall–Kier alpha value is -0.120. The van der Waals surface area contributed by atoms with E-state index < -0.39 is 0 Å². The van der Waals surface area contributed by atoms with Gasteiger partial charge in [-0.3, -0.25) is 0 Å². The first-order valence-corrected chi connectivity index (χ1v) is 5.48. The lowest BCUT2D eigenvalue weighted by Crippen LogP contribution is -2.26. The van der Waals surface area contributed by atoms with Crippen LogP contribution < -0.4 is 5.73 Å².